The molecule has 2 N–H and O–H groups in total. The molecule has 0 amide bonds. The van der Waals surface area contributed by atoms with Crippen molar-refractivity contribution >= 4 is 23.0 Å². The molecule has 0 fully saturated rings. The van der Waals surface area contributed by atoms with Crippen LogP contribution in [-0.4, -0.2) is 5.11 Å². The van der Waals surface area contributed by atoms with Crippen LogP contribution in [-0.2, 0) is 6.42 Å². The van der Waals surface area contributed by atoms with E-state index in [2.05, 4.69) is 79.9 Å². The van der Waals surface area contributed by atoms with Crippen molar-refractivity contribution in [3.05, 3.63) is 65.2 Å². The van der Waals surface area contributed by atoms with Gasteiger partial charge in [0.1, 0.15) is 0 Å². The van der Waals surface area contributed by atoms with Crippen LogP contribution in [0.1, 0.15) is 36.6 Å². The Bertz CT molecular complexity index is 588. The van der Waals surface area contributed by atoms with Crippen molar-refractivity contribution in [1.82, 2.24) is 5.32 Å². The van der Waals surface area contributed by atoms with Gasteiger partial charge in [0, 0.05) is 5.69 Å². The molecule has 0 radical (unpaired) electrons. The van der Waals surface area contributed by atoms with E-state index in [-0.39, 0.29) is 6.04 Å². The summed E-state index contributed by atoms with van der Waals surface area (Å²) in [7, 11) is 0. The molecule has 0 aromatic heterocycles. The van der Waals surface area contributed by atoms with Crippen LogP contribution >= 0.6 is 12.2 Å². The van der Waals surface area contributed by atoms with E-state index < -0.39 is 0 Å². The van der Waals surface area contributed by atoms with Crippen molar-refractivity contribution in [2.45, 2.75) is 33.2 Å². The molecule has 2 aromatic carbocycles. The first kappa shape index (κ1) is 15.5. The van der Waals surface area contributed by atoms with Gasteiger partial charge in [0.15, 0.2) is 5.11 Å². The van der Waals surface area contributed by atoms with E-state index in [4.69, 9.17) is 12.2 Å². The van der Waals surface area contributed by atoms with Gasteiger partial charge in [-0.25, -0.2) is 0 Å². The largest absolute Gasteiger partial charge is 0.356 e. The molecule has 1 atom stereocenters. The number of hydrogen-bond acceptors (Lipinski definition) is 1. The van der Waals surface area contributed by atoms with Crippen LogP contribution in [0.4, 0.5) is 5.69 Å². The zero-order chi connectivity index (χ0) is 15.2. The van der Waals surface area contributed by atoms with Gasteiger partial charge in [-0.1, -0.05) is 48.9 Å². The average molecular weight is 298 g/mol. The summed E-state index contributed by atoms with van der Waals surface area (Å²) < 4.78 is 0. The Balaban J connectivity index is 1.92. The van der Waals surface area contributed by atoms with Gasteiger partial charge in [-0.3, -0.25) is 0 Å². The molecular weight excluding hydrogens is 276 g/mol. The summed E-state index contributed by atoms with van der Waals surface area (Å²) in [6.07, 6.45) is 1.05. The summed E-state index contributed by atoms with van der Waals surface area (Å²) in [4.78, 5) is 0. The van der Waals surface area contributed by atoms with Crippen molar-refractivity contribution in [3.63, 3.8) is 0 Å². The normalized spacial score (nSPS) is 11.8. The first-order valence-electron chi connectivity index (χ1n) is 7.31. The molecule has 21 heavy (non-hydrogen) atoms. The SMILES string of the molecule is CCc1ccc(NC(=S)N[C@H](C)c2ccc(C)cc2)cc1. The lowest BCUT2D eigenvalue weighted by Crippen LogP contribution is -2.30. The predicted molar refractivity (Wildman–Crippen MR) is 94.8 cm³/mol. The van der Waals surface area contributed by atoms with Crippen molar-refractivity contribution in [2.75, 3.05) is 5.32 Å². The van der Waals surface area contributed by atoms with Gasteiger partial charge in [0.2, 0.25) is 0 Å². The quantitative estimate of drug-likeness (QED) is 0.806. The second kappa shape index (κ2) is 7.23. The van der Waals surface area contributed by atoms with Crippen LogP contribution < -0.4 is 10.6 Å². The maximum Gasteiger partial charge on any atom is 0.171 e. The summed E-state index contributed by atoms with van der Waals surface area (Å²) in [5.41, 5.74) is 4.84. The van der Waals surface area contributed by atoms with Gasteiger partial charge >= 0.3 is 0 Å². The second-order valence-corrected chi connectivity index (χ2v) is 5.69. The van der Waals surface area contributed by atoms with E-state index in [0.717, 1.165) is 12.1 Å². The Hall–Kier alpha value is -1.87. The Morgan fingerprint density at radius 3 is 2.24 bits per heavy atom. The number of rotatable bonds is 4. The van der Waals surface area contributed by atoms with Crippen LogP contribution in [0.5, 0.6) is 0 Å². The summed E-state index contributed by atoms with van der Waals surface area (Å²) in [6, 6.07) is 17.0. The third-order valence-corrected chi connectivity index (χ3v) is 3.76. The van der Waals surface area contributed by atoms with Gasteiger partial charge in [0.05, 0.1) is 6.04 Å². The van der Waals surface area contributed by atoms with E-state index in [9.17, 15) is 0 Å². The summed E-state index contributed by atoms with van der Waals surface area (Å²) in [6.45, 7) is 6.35. The minimum absolute atomic E-state index is 0.181. The Kier molecular flexibility index (Phi) is 5.34. The standard InChI is InChI=1S/C18H22N2S/c1-4-15-7-11-17(12-8-15)20-18(21)19-14(3)16-9-5-13(2)6-10-16/h5-12,14H,4H2,1-3H3,(H2,19,20,21)/t14-/m1/s1. The summed E-state index contributed by atoms with van der Waals surface area (Å²) in [5, 5.41) is 7.18. The van der Waals surface area contributed by atoms with Crippen molar-refractivity contribution in [3.8, 4) is 0 Å². The highest BCUT2D eigenvalue weighted by Crippen LogP contribution is 2.14. The lowest BCUT2D eigenvalue weighted by Gasteiger charge is -2.17. The summed E-state index contributed by atoms with van der Waals surface area (Å²) in [5.74, 6) is 0. The molecule has 0 spiro atoms. The van der Waals surface area contributed by atoms with Gasteiger partial charge < -0.3 is 10.6 Å². The second-order valence-electron chi connectivity index (χ2n) is 5.28. The van der Waals surface area contributed by atoms with Crippen LogP contribution in [0, 0.1) is 6.92 Å². The maximum atomic E-state index is 5.38. The van der Waals surface area contributed by atoms with E-state index in [0.29, 0.717) is 5.11 Å². The highest BCUT2D eigenvalue weighted by molar-refractivity contribution is 7.80. The minimum Gasteiger partial charge on any atom is -0.356 e. The smallest absolute Gasteiger partial charge is 0.171 e. The number of thiocarbonyl (C=S) groups is 1. The molecule has 110 valence electrons. The van der Waals surface area contributed by atoms with Gasteiger partial charge in [-0.15, -0.1) is 0 Å². The van der Waals surface area contributed by atoms with E-state index >= 15 is 0 Å². The minimum atomic E-state index is 0.181. The predicted octanol–water partition coefficient (Wildman–Crippen LogP) is 4.61. The Labute approximate surface area is 132 Å². The van der Waals surface area contributed by atoms with Gasteiger partial charge in [-0.2, -0.15) is 0 Å². The van der Waals surface area contributed by atoms with Crippen molar-refractivity contribution < 1.29 is 0 Å². The first-order chi connectivity index (χ1) is 10.1. The van der Waals surface area contributed by atoms with Crippen LogP contribution in [0.2, 0.25) is 0 Å². The van der Waals surface area contributed by atoms with Crippen molar-refractivity contribution in [1.29, 1.82) is 0 Å². The first-order valence-corrected chi connectivity index (χ1v) is 7.72. The van der Waals surface area contributed by atoms with Gasteiger partial charge in [-0.05, 0) is 55.7 Å². The molecule has 0 saturated heterocycles. The maximum absolute atomic E-state index is 5.38. The number of anilines is 1. The van der Waals surface area contributed by atoms with E-state index in [1.165, 1.54) is 16.7 Å². The fourth-order valence-electron chi connectivity index (χ4n) is 2.13. The molecule has 2 nitrogen and oxygen atoms in total. The van der Waals surface area contributed by atoms with Crippen molar-refractivity contribution in [2.24, 2.45) is 0 Å². The number of hydrogen-bond donors (Lipinski definition) is 2. The fourth-order valence-corrected chi connectivity index (χ4v) is 2.42. The molecule has 0 saturated carbocycles. The number of benzene rings is 2. The lowest BCUT2D eigenvalue weighted by molar-refractivity contribution is 0.722. The number of aryl methyl sites for hydroxylation is 2. The van der Waals surface area contributed by atoms with Crippen LogP contribution in [0.15, 0.2) is 48.5 Å². The van der Waals surface area contributed by atoms with Crippen LogP contribution in [0.3, 0.4) is 0 Å². The molecule has 0 aliphatic heterocycles. The lowest BCUT2D eigenvalue weighted by atomic mass is 10.1. The zero-order valence-corrected chi connectivity index (χ0v) is 13.6. The van der Waals surface area contributed by atoms with Crippen LogP contribution in [0.25, 0.3) is 0 Å². The average Bonchev–Trinajstić information content (AvgIpc) is 2.48. The zero-order valence-electron chi connectivity index (χ0n) is 12.8. The molecule has 2 aromatic rings. The molecular formula is C18H22N2S. The van der Waals surface area contributed by atoms with E-state index in [1.54, 1.807) is 0 Å². The molecule has 0 aliphatic carbocycles. The molecule has 2 rings (SSSR count). The Morgan fingerprint density at radius 1 is 1.05 bits per heavy atom. The van der Waals surface area contributed by atoms with E-state index in [1.807, 2.05) is 0 Å². The third kappa shape index (κ3) is 4.57. The molecule has 0 unspecified atom stereocenters. The molecule has 0 bridgehead atoms. The topological polar surface area (TPSA) is 24.1 Å². The van der Waals surface area contributed by atoms with Gasteiger partial charge in [0.25, 0.3) is 0 Å². The molecule has 0 heterocycles. The molecule has 3 heteroatoms. The monoisotopic (exact) mass is 298 g/mol. The Morgan fingerprint density at radius 2 is 1.67 bits per heavy atom. The molecule has 0 aliphatic rings. The number of nitrogens with one attached hydrogen (secondary N) is 2. The fraction of sp³-hybridized carbons (Fsp3) is 0.278. The highest BCUT2D eigenvalue weighted by Gasteiger charge is 2.06. The highest BCUT2D eigenvalue weighted by atomic mass is 32.1. The third-order valence-electron chi connectivity index (χ3n) is 3.55. The summed E-state index contributed by atoms with van der Waals surface area (Å²) >= 11 is 5.38.